The highest BCUT2D eigenvalue weighted by Crippen LogP contribution is 2.33. The Morgan fingerprint density at radius 2 is 2.06 bits per heavy atom. The quantitative estimate of drug-likeness (QED) is 0.0343. The van der Waals surface area contributed by atoms with Crippen molar-refractivity contribution in [3.8, 4) is 5.75 Å². The van der Waals surface area contributed by atoms with Crippen LogP contribution in [-0.4, -0.2) is 95.5 Å². The van der Waals surface area contributed by atoms with Crippen LogP contribution in [0.4, 0.5) is 10.9 Å². The predicted molar refractivity (Wildman–Crippen MR) is 165 cm³/mol. The molecule has 2 aliphatic rings. The molecule has 1 aromatic carbocycles. The Hall–Kier alpha value is -4.63. The van der Waals surface area contributed by atoms with E-state index in [-0.39, 0.29) is 10.8 Å². The fourth-order valence-corrected chi connectivity index (χ4v) is 5.78. The molecule has 2 fully saturated rings. The number of hydrogen-bond donors (Lipinski definition) is 5. The molecule has 2 aromatic heterocycles. The van der Waals surface area contributed by atoms with E-state index in [0.717, 1.165) is 47.6 Å². The summed E-state index contributed by atoms with van der Waals surface area (Å²) in [4.78, 5) is 47.0. The summed E-state index contributed by atoms with van der Waals surface area (Å²) in [5.41, 5.74) is 3.62. The van der Waals surface area contributed by atoms with Gasteiger partial charge in [0.2, 0.25) is 10.4 Å². The molecule has 47 heavy (non-hydrogen) atoms. The number of aryl methyl sites for hydroxylation is 1. The van der Waals surface area contributed by atoms with Gasteiger partial charge in [-0.3, -0.25) is 14.9 Å². The highest BCUT2D eigenvalue weighted by atomic mass is 32.3. The van der Waals surface area contributed by atoms with Crippen molar-refractivity contribution < 1.29 is 50.9 Å². The lowest BCUT2D eigenvalue weighted by Crippen LogP contribution is -2.76. The zero-order valence-corrected chi connectivity index (χ0v) is 27.0. The number of carboxylic acids is 1. The van der Waals surface area contributed by atoms with Crippen LogP contribution in [0.15, 0.2) is 41.0 Å². The van der Waals surface area contributed by atoms with Crippen molar-refractivity contribution in [1.82, 2.24) is 20.7 Å². The van der Waals surface area contributed by atoms with E-state index in [4.69, 9.17) is 15.3 Å². The largest absolute Gasteiger partial charge is 0.724 e. The number of amides is 2. The van der Waals surface area contributed by atoms with Crippen molar-refractivity contribution in [2.24, 2.45) is 18.1 Å². The summed E-state index contributed by atoms with van der Waals surface area (Å²) in [5.74, 6) is -1.61. The second-order valence-corrected chi connectivity index (χ2v) is 13.3. The molecule has 2 aliphatic heterocycles. The number of carboxylic acid groups (broad SMARTS) is 1. The lowest BCUT2D eigenvalue weighted by molar-refractivity contribution is -0.655. The first kappa shape index (κ1) is 33.7. The van der Waals surface area contributed by atoms with E-state index in [1.54, 1.807) is 12.1 Å². The summed E-state index contributed by atoms with van der Waals surface area (Å²) in [6, 6.07) is 5.93. The third kappa shape index (κ3) is 7.68. The number of ether oxygens (including phenoxy) is 1. The van der Waals surface area contributed by atoms with Crippen molar-refractivity contribution >= 4 is 67.0 Å². The van der Waals surface area contributed by atoms with E-state index >= 15 is 0 Å². The predicted octanol–water partition coefficient (Wildman–Crippen LogP) is -0.915. The number of carbonyl (C=O) groups excluding carboxylic acids is 2. The Morgan fingerprint density at radius 3 is 2.66 bits per heavy atom. The van der Waals surface area contributed by atoms with Crippen molar-refractivity contribution in [2.75, 3.05) is 37.3 Å². The van der Waals surface area contributed by atoms with Crippen LogP contribution >= 0.6 is 11.3 Å². The highest BCUT2D eigenvalue weighted by molar-refractivity contribution is 7.80. The molecule has 2 saturated heterocycles. The molecule has 0 spiro atoms. The van der Waals surface area contributed by atoms with Crippen LogP contribution in [0.25, 0.3) is 10.8 Å². The molecular formula is C27H32N8O10S2. The number of thiazole rings is 1. The number of benzene rings is 1. The average molecular weight is 693 g/mol. The maximum absolute atomic E-state index is 13.2. The second-order valence-electron chi connectivity index (χ2n) is 11.4. The molecule has 2 atom stereocenters. The van der Waals surface area contributed by atoms with Crippen LogP contribution in [0, 0.1) is 5.92 Å². The molecule has 5 rings (SSSR count). The van der Waals surface area contributed by atoms with Gasteiger partial charge in [0.15, 0.2) is 10.8 Å². The summed E-state index contributed by atoms with van der Waals surface area (Å²) >= 11 is 0.958. The minimum absolute atomic E-state index is 0.0576. The number of β-lactam (4-membered cyclic amide) rings is 1. The van der Waals surface area contributed by atoms with Crippen LogP contribution in [0.1, 0.15) is 19.5 Å². The number of hydroxylamine groups is 2. The molecule has 252 valence electrons. The van der Waals surface area contributed by atoms with Gasteiger partial charge in [0.05, 0.1) is 25.3 Å². The molecular weight excluding hydrogens is 660 g/mol. The molecule has 0 saturated carbocycles. The van der Waals surface area contributed by atoms with E-state index < -0.39 is 58.2 Å². The van der Waals surface area contributed by atoms with E-state index in [9.17, 15) is 32.5 Å². The van der Waals surface area contributed by atoms with Crippen LogP contribution in [0.2, 0.25) is 0 Å². The number of fused-ring (bicyclic) bond motifs is 1. The van der Waals surface area contributed by atoms with Gasteiger partial charge in [0, 0.05) is 35.8 Å². The van der Waals surface area contributed by atoms with Crippen molar-refractivity contribution in [1.29, 1.82) is 0 Å². The zero-order chi connectivity index (χ0) is 34.1. The van der Waals surface area contributed by atoms with Gasteiger partial charge in [-0.05, 0) is 31.4 Å². The van der Waals surface area contributed by atoms with Crippen LogP contribution in [0.5, 0.6) is 5.75 Å². The fraction of sp³-hybridized carbons (Fsp3) is 0.407. The fourth-order valence-electron chi connectivity index (χ4n) is 4.78. The smallest absolute Gasteiger partial charge is 0.351 e. The average Bonchev–Trinajstić information content (AvgIpc) is 3.40. The number of nitrogens with zero attached hydrogens (tertiary/aromatic N) is 4. The van der Waals surface area contributed by atoms with Gasteiger partial charge in [-0.2, -0.15) is 9.35 Å². The van der Waals surface area contributed by atoms with Gasteiger partial charge < -0.3 is 35.6 Å². The van der Waals surface area contributed by atoms with E-state index in [2.05, 4.69) is 30.4 Å². The third-order valence-corrected chi connectivity index (χ3v) is 8.55. The molecule has 1 unspecified atom stereocenters. The Morgan fingerprint density at radius 1 is 1.32 bits per heavy atom. The molecule has 0 radical (unpaired) electrons. The first-order valence-electron chi connectivity index (χ1n) is 14.1. The molecule has 0 bridgehead atoms. The molecule has 0 aliphatic carbocycles. The number of hydrogen-bond acceptors (Lipinski definition) is 15. The Kier molecular flexibility index (Phi) is 9.50. The lowest BCUT2D eigenvalue weighted by Gasteiger charge is -2.51. The number of carbonyl (C=O) groups is 3. The number of aliphatic carboxylic acids is 1. The Labute approximate surface area is 272 Å². The standard InChI is InChI=1S/C27H32N8O10S2/c1-27(2)22(24(37)35(27)45-47(40,41)42)32-23(36)21(18-13-46-26(28)31-18)33-44-19(25(38)39)12-43-17-5-4-15-7-20(30-10-14-8-29-9-14)34(3)11-16(15)6-17/h4-7,11,13-14,19,22,29H,8-10,12H2,1-3H3,(H5,28,31,32,36,38,39,40,41,42)/b33-21-/t19?,22-/m1/s1. The van der Waals surface area contributed by atoms with Crippen LogP contribution in [0.3, 0.4) is 0 Å². The minimum atomic E-state index is -5.26. The molecule has 6 N–H and O–H groups in total. The maximum atomic E-state index is 13.2. The topological polar surface area (TPSA) is 251 Å². The number of pyridine rings is 1. The number of rotatable bonds is 14. The second kappa shape index (κ2) is 13.2. The summed E-state index contributed by atoms with van der Waals surface area (Å²) in [6.07, 6.45) is 0.240. The van der Waals surface area contributed by atoms with E-state index in [1.807, 2.05) is 29.9 Å². The first-order valence-corrected chi connectivity index (χ1v) is 16.3. The number of nitrogens with one attached hydrogen (secondary N) is 3. The number of oxime groups is 1. The zero-order valence-electron chi connectivity index (χ0n) is 25.3. The molecule has 18 nitrogen and oxygen atoms in total. The third-order valence-electron chi connectivity index (χ3n) is 7.55. The molecule has 3 aromatic rings. The van der Waals surface area contributed by atoms with Crippen LogP contribution < -0.4 is 31.0 Å². The van der Waals surface area contributed by atoms with Gasteiger partial charge >= 0.3 is 5.97 Å². The molecule has 20 heteroatoms. The van der Waals surface area contributed by atoms with Gasteiger partial charge in [0.25, 0.3) is 23.7 Å². The van der Waals surface area contributed by atoms with Gasteiger partial charge in [0.1, 0.15) is 24.1 Å². The van der Waals surface area contributed by atoms with Gasteiger partial charge in [-0.1, -0.05) is 11.2 Å². The monoisotopic (exact) mass is 692 g/mol. The summed E-state index contributed by atoms with van der Waals surface area (Å²) < 4.78 is 44.8. The van der Waals surface area contributed by atoms with Crippen molar-refractivity contribution in [3.63, 3.8) is 0 Å². The number of aromatic nitrogens is 2. The lowest BCUT2D eigenvalue weighted by atomic mass is 9.84. The summed E-state index contributed by atoms with van der Waals surface area (Å²) in [5, 5.41) is 26.1. The summed E-state index contributed by atoms with van der Waals surface area (Å²) in [6.45, 7) is 5.01. The van der Waals surface area contributed by atoms with E-state index in [1.165, 1.54) is 19.2 Å². The van der Waals surface area contributed by atoms with Crippen molar-refractivity contribution in [2.45, 2.75) is 31.5 Å². The molecule has 2 amide bonds. The number of anilines is 2. The summed E-state index contributed by atoms with van der Waals surface area (Å²) in [7, 11) is -3.35. The SMILES string of the molecule is C[n+]1cc2cc(OCC(O/N=C(\C(=O)N[C@@H]3C(=O)N(OS(=O)(=O)[O-])C3(C)C)c3csc(N)n3)C(=O)O)ccc2cc1NCC1CNC1. The maximum Gasteiger partial charge on any atom is 0.351 e. The van der Waals surface area contributed by atoms with Crippen LogP contribution in [-0.2, 0) is 41.0 Å². The van der Waals surface area contributed by atoms with Gasteiger partial charge in [-0.25, -0.2) is 22.8 Å². The minimum Gasteiger partial charge on any atom is -0.724 e. The number of nitrogen functional groups attached to an aromatic ring is 1. The van der Waals surface area contributed by atoms with Gasteiger partial charge in [-0.15, -0.1) is 11.3 Å². The van der Waals surface area contributed by atoms with E-state index in [0.29, 0.717) is 16.7 Å². The highest BCUT2D eigenvalue weighted by Gasteiger charge is 2.57. The normalized spacial score (nSPS) is 18.6. The Bertz CT molecular complexity index is 1840. The van der Waals surface area contributed by atoms with Crippen molar-refractivity contribution in [3.05, 3.63) is 41.5 Å². The Balaban J connectivity index is 1.27. The first-order chi connectivity index (χ1) is 22.1. The molecule has 4 heterocycles. The number of nitrogens with two attached hydrogens (primary N) is 1.